The van der Waals surface area contributed by atoms with E-state index in [9.17, 15) is 0 Å². The van der Waals surface area contributed by atoms with Crippen LogP contribution in [0, 0.1) is 0 Å². The Balaban J connectivity index is 2.85. The van der Waals surface area contributed by atoms with Crippen LogP contribution in [-0.2, 0) is 0 Å². The van der Waals surface area contributed by atoms with Crippen LogP contribution >= 0.6 is 15.9 Å². The van der Waals surface area contributed by atoms with E-state index in [4.69, 9.17) is 10.5 Å². The van der Waals surface area contributed by atoms with Crippen molar-refractivity contribution in [3.8, 4) is 5.75 Å². The molecule has 0 aliphatic rings. The summed E-state index contributed by atoms with van der Waals surface area (Å²) in [6.45, 7) is 3.69. The number of ether oxygens (including phenoxy) is 1. The molecule has 0 aliphatic heterocycles. The highest BCUT2D eigenvalue weighted by atomic mass is 79.9. The molecule has 0 spiro atoms. The molecule has 0 fully saturated rings. The van der Waals surface area contributed by atoms with Crippen LogP contribution in [0.5, 0.6) is 5.75 Å². The molecule has 1 aromatic carbocycles. The summed E-state index contributed by atoms with van der Waals surface area (Å²) in [6, 6.07) is 5.86. The van der Waals surface area contributed by atoms with Gasteiger partial charge in [0.25, 0.3) is 0 Å². The van der Waals surface area contributed by atoms with Gasteiger partial charge in [-0.3, -0.25) is 0 Å². The molecule has 0 unspecified atom stereocenters. The zero-order valence-electron chi connectivity index (χ0n) is 8.87. The van der Waals surface area contributed by atoms with Gasteiger partial charge in [0.2, 0.25) is 0 Å². The van der Waals surface area contributed by atoms with Gasteiger partial charge in [-0.1, -0.05) is 22.0 Å². The SMILES string of the molecule is C=CCC[C@H](N)c1cc(OC)ccc1Br. The van der Waals surface area contributed by atoms with Gasteiger partial charge >= 0.3 is 0 Å². The van der Waals surface area contributed by atoms with E-state index >= 15 is 0 Å². The summed E-state index contributed by atoms with van der Waals surface area (Å²) in [7, 11) is 1.66. The first-order valence-corrected chi connectivity index (χ1v) is 5.68. The molecular formula is C12H16BrNO. The highest BCUT2D eigenvalue weighted by Crippen LogP contribution is 2.28. The largest absolute Gasteiger partial charge is 0.497 e. The van der Waals surface area contributed by atoms with Crippen LogP contribution in [-0.4, -0.2) is 7.11 Å². The maximum Gasteiger partial charge on any atom is 0.119 e. The number of methoxy groups -OCH3 is 1. The molecule has 15 heavy (non-hydrogen) atoms. The third-order valence-electron chi connectivity index (χ3n) is 2.28. The topological polar surface area (TPSA) is 35.2 Å². The van der Waals surface area contributed by atoms with Gasteiger partial charge in [0.05, 0.1) is 7.11 Å². The molecular weight excluding hydrogens is 254 g/mol. The average molecular weight is 270 g/mol. The van der Waals surface area contributed by atoms with Gasteiger partial charge in [-0.15, -0.1) is 6.58 Å². The predicted molar refractivity (Wildman–Crippen MR) is 67.1 cm³/mol. The van der Waals surface area contributed by atoms with Crippen LogP contribution in [0.15, 0.2) is 35.3 Å². The summed E-state index contributed by atoms with van der Waals surface area (Å²) in [5.41, 5.74) is 7.15. The lowest BCUT2D eigenvalue weighted by atomic mass is 10.0. The Morgan fingerprint density at radius 1 is 1.60 bits per heavy atom. The van der Waals surface area contributed by atoms with Crippen molar-refractivity contribution in [2.75, 3.05) is 7.11 Å². The predicted octanol–water partition coefficient (Wildman–Crippen LogP) is 3.42. The fourth-order valence-corrected chi connectivity index (χ4v) is 1.93. The Hall–Kier alpha value is -0.800. The first-order chi connectivity index (χ1) is 7.19. The van der Waals surface area contributed by atoms with Gasteiger partial charge in [-0.25, -0.2) is 0 Å². The molecule has 0 radical (unpaired) electrons. The van der Waals surface area contributed by atoms with Crippen molar-refractivity contribution >= 4 is 15.9 Å². The number of halogens is 1. The maximum absolute atomic E-state index is 6.07. The van der Waals surface area contributed by atoms with Gasteiger partial charge in [0.15, 0.2) is 0 Å². The highest BCUT2D eigenvalue weighted by Gasteiger charge is 2.10. The van der Waals surface area contributed by atoms with Crippen molar-refractivity contribution in [1.29, 1.82) is 0 Å². The summed E-state index contributed by atoms with van der Waals surface area (Å²) in [6.07, 6.45) is 3.70. The number of hydrogen-bond acceptors (Lipinski definition) is 2. The van der Waals surface area contributed by atoms with E-state index in [2.05, 4.69) is 22.5 Å². The van der Waals surface area contributed by atoms with Crippen molar-refractivity contribution in [3.05, 3.63) is 40.9 Å². The maximum atomic E-state index is 6.07. The Kier molecular flexibility index (Phi) is 4.85. The molecule has 0 amide bonds. The number of nitrogens with two attached hydrogens (primary N) is 1. The van der Waals surface area contributed by atoms with E-state index in [1.807, 2.05) is 24.3 Å². The van der Waals surface area contributed by atoms with Crippen molar-refractivity contribution in [1.82, 2.24) is 0 Å². The van der Waals surface area contributed by atoms with Crippen LogP contribution in [0.25, 0.3) is 0 Å². The lowest BCUT2D eigenvalue weighted by Crippen LogP contribution is -2.10. The Labute approximate surface area is 99.3 Å². The normalized spacial score (nSPS) is 12.2. The number of hydrogen-bond donors (Lipinski definition) is 1. The molecule has 82 valence electrons. The zero-order valence-corrected chi connectivity index (χ0v) is 10.5. The molecule has 0 bridgehead atoms. The van der Waals surface area contributed by atoms with Crippen molar-refractivity contribution in [3.63, 3.8) is 0 Å². The molecule has 2 N–H and O–H groups in total. The van der Waals surface area contributed by atoms with E-state index in [1.165, 1.54) is 0 Å². The first kappa shape index (κ1) is 12.3. The molecule has 1 rings (SSSR count). The van der Waals surface area contributed by atoms with Crippen molar-refractivity contribution in [2.45, 2.75) is 18.9 Å². The Morgan fingerprint density at radius 3 is 2.93 bits per heavy atom. The van der Waals surface area contributed by atoms with E-state index in [0.29, 0.717) is 0 Å². The zero-order chi connectivity index (χ0) is 11.3. The second-order valence-corrected chi connectivity index (χ2v) is 4.21. The minimum atomic E-state index is 0.0208. The van der Waals surface area contributed by atoms with Gasteiger partial charge in [0, 0.05) is 10.5 Å². The lowest BCUT2D eigenvalue weighted by Gasteiger charge is -2.14. The fourth-order valence-electron chi connectivity index (χ4n) is 1.39. The summed E-state index contributed by atoms with van der Waals surface area (Å²) in [5.74, 6) is 0.835. The average Bonchev–Trinajstić information content (AvgIpc) is 2.26. The molecule has 1 aromatic rings. The van der Waals surface area contributed by atoms with Crippen molar-refractivity contribution in [2.24, 2.45) is 5.73 Å². The van der Waals surface area contributed by atoms with Crippen LogP contribution < -0.4 is 10.5 Å². The monoisotopic (exact) mass is 269 g/mol. The summed E-state index contributed by atoms with van der Waals surface area (Å²) < 4.78 is 6.20. The van der Waals surface area contributed by atoms with E-state index in [1.54, 1.807) is 7.11 Å². The standard InChI is InChI=1S/C12H16BrNO/c1-3-4-5-12(14)10-8-9(15-2)6-7-11(10)13/h3,6-8,12H,1,4-5,14H2,2H3/t12-/m0/s1. The van der Waals surface area contributed by atoms with E-state index in [0.717, 1.165) is 28.6 Å². The van der Waals surface area contributed by atoms with Gasteiger partial charge in [0.1, 0.15) is 5.75 Å². The number of rotatable bonds is 5. The molecule has 3 heteroatoms. The number of benzene rings is 1. The van der Waals surface area contributed by atoms with E-state index in [-0.39, 0.29) is 6.04 Å². The Morgan fingerprint density at radius 2 is 2.33 bits per heavy atom. The van der Waals surface area contributed by atoms with Gasteiger partial charge in [-0.2, -0.15) is 0 Å². The quantitative estimate of drug-likeness (QED) is 0.832. The van der Waals surface area contributed by atoms with E-state index < -0.39 is 0 Å². The molecule has 0 saturated carbocycles. The summed E-state index contributed by atoms with van der Waals surface area (Å²) in [5, 5.41) is 0. The Bertz CT molecular complexity index is 338. The van der Waals surface area contributed by atoms with Crippen LogP contribution in [0.3, 0.4) is 0 Å². The number of allylic oxidation sites excluding steroid dienone is 1. The van der Waals surface area contributed by atoms with Gasteiger partial charge < -0.3 is 10.5 Å². The second-order valence-electron chi connectivity index (χ2n) is 3.36. The van der Waals surface area contributed by atoms with Crippen LogP contribution in [0.4, 0.5) is 0 Å². The molecule has 0 saturated heterocycles. The van der Waals surface area contributed by atoms with Gasteiger partial charge in [-0.05, 0) is 36.6 Å². The molecule has 0 aliphatic carbocycles. The first-order valence-electron chi connectivity index (χ1n) is 4.89. The van der Waals surface area contributed by atoms with Crippen LogP contribution in [0.2, 0.25) is 0 Å². The van der Waals surface area contributed by atoms with Crippen LogP contribution in [0.1, 0.15) is 24.4 Å². The minimum absolute atomic E-state index is 0.0208. The molecule has 1 atom stereocenters. The fraction of sp³-hybridized carbons (Fsp3) is 0.333. The molecule has 2 nitrogen and oxygen atoms in total. The van der Waals surface area contributed by atoms with Crippen molar-refractivity contribution < 1.29 is 4.74 Å². The second kappa shape index (κ2) is 5.93. The molecule has 0 heterocycles. The third kappa shape index (κ3) is 3.36. The third-order valence-corrected chi connectivity index (χ3v) is 3.01. The summed E-state index contributed by atoms with van der Waals surface area (Å²) >= 11 is 3.49. The highest BCUT2D eigenvalue weighted by molar-refractivity contribution is 9.10. The summed E-state index contributed by atoms with van der Waals surface area (Å²) in [4.78, 5) is 0. The smallest absolute Gasteiger partial charge is 0.119 e. The minimum Gasteiger partial charge on any atom is -0.497 e. The molecule has 0 aromatic heterocycles. The lowest BCUT2D eigenvalue weighted by molar-refractivity contribution is 0.413.